The average Bonchev–Trinajstić information content (AvgIpc) is 3.28. The van der Waals surface area contributed by atoms with E-state index in [9.17, 15) is 15.3 Å². The molecule has 31 heavy (non-hydrogen) atoms. The molecule has 3 aromatic rings. The van der Waals surface area contributed by atoms with Crippen LogP contribution in [0, 0.1) is 0 Å². The number of ether oxygens (including phenoxy) is 2. The summed E-state index contributed by atoms with van der Waals surface area (Å²) in [5.74, 6) is 1.27. The van der Waals surface area contributed by atoms with E-state index >= 15 is 0 Å². The lowest BCUT2D eigenvalue weighted by Crippen LogP contribution is -2.35. The van der Waals surface area contributed by atoms with Gasteiger partial charge in [0.2, 0.25) is 0 Å². The van der Waals surface area contributed by atoms with Gasteiger partial charge in [-0.3, -0.25) is 4.90 Å². The minimum atomic E-state index is -0.217. The molecule has 2 aliphatic rings. The van der Waals surface area contributed by atoms with E-state index in [0.717, 1.165) is 41.1 Å². The summed E-state index contributed by atoms with van der Waals surface area (Å²) in [6.07, 6.45) is 3.40. The van der Waals surface area contributed by atoms with Crippen molar-refractivity contribution in [3.05, 3.63) is 46.0 Å². The first kappa shape index (κ1) is 20.5. The Hall–Kier alpha value is -2.38. The Kier molecular flexibility index (Phi) is 5.26. The minimum absolute atomic E-state index is 0.133. The summed E-state index contributed by atoms with van der Waals surface area (Å²) in [6.45, 7) is 1.42. The molecule has 3 aromatic carbocycles. The smallest absolute Gasteiger partial charge is 0.125 e. The van der Waals surface area contributed by atoms with E-state index in [4.69, 9.17) is 9.47 Å². The van der Waals surface area contributed by atoms with Gasteiger partial charge >= 0.3 is 0 Å². The molecule has 0 spiro atoms. The van der Waals surface area contributed by atoms with Crippen molar-refractivity contribution < 1.29 is 24.8 Å². The van der Waals surface area contributed by atoms with Crippen LogP contribution in [0.25, 0.3) is 21.5 Å². The van der Waals surface area contributed by atoms with E-state index in [1.807, 2.05) is 18.2 Å². The predicted molar refractivity (Wildman–Crippen MR) is 119 cm³/mol. The number of aliphatic hydroxyl groups excluding tert-OH is 3. The van der Waals surface area contributed by atoms with Crippen LogP contribution in [0.3, 0.4) is 0 Å². The van der Waals surface area contributed by atoms with Crippen LogP contribution in [0.5, 0.6) is 11.5 Å². The van der Waals surface area contributed by atoms with Gasteiger partial charge in [0.05, 0.1) is 34.0 Å². The molecule has 2 aliphatic heterocycles. The summed E-state index contributed by atoms with van der Waals surface area (Å²) in [4.78, 5) is 2.55. The molecule has 5 rings (SSSR count). The molecule has 0 aromatic heterocycles. The summed E-state index contributed by atoms with van der Waals surface area (Å²) in [5.41, 5.74) is 4.57. The number of hydrogen-bond acceptors (Lipinski definition) is 6. The molecule has 6 heteroatoms. The predicted octanol–water partition coefficient (Wildman–Crippen LogP) is 3.01. The third kappa shape index (κ3) is 3.01. The van der Waals surface area contributed by atoms with Crippen LogP contribution in [0.15, 0.2) is 18.2 Å². The standard InChI is InChI=1S/C25H29NO5/c1-30-23-8-17-16-7-15-4-3-5-26(15)10-20(16)19-9-24(31-2)21(12-28)22(13-29)25(19)18(17)6-14(23)11-27/h6,8-9,15,27-29H,3-5,7,10-13H2,1-2H3. The summed E-state index contributed by atoms with van der Waals surface area (Å²) < 4.78 is 11.2. The first-order valence-corrected chi connectivity index (χ1v) is 10.9. The van der Waals surface area contributed by atoms with Gasteiger partial charge in [-0.05, 0) is 82.2 Å². The maximum atomic E-state index is 10.4. The van der Waals surface area contributed by atoms with Crippen molar-refractivity contribution in [3.63, 3.8) is 0 Å². The molecular weight excluding hydrogens is 394 g/mol. The Bertz CT molecular complexity index is 1170. The Labute approximate surface area is 181 Å². The molecule has 0 radical (unpaired) electrons. The van der Waals surface area contributed by atoms with Crippen LogP contribution in [0.2, 0.25) is 0 Å². The number of rotatable bonds is 5. The van der Waals surface area contributed by atoms with E-state index in [0.29, 0.717) is 34.2 Å². The van der Waals surface area contributed by atoms with Crippen LogP contribution in [0.4, 0.5) is 0 Å². The number of fused-ring (bicyclic) bond motifs is 7. The molecule has 2 heterocycles. The van der Waals surface area contributed by atoms with Crippen LogP contribution >= 0.6 is 0 Å². The number of nitrogens with zero attached hydrogens (tertiary/aromatic N) is 1. The topological polar surface area (TPSA) is 82.4 Å². The highest BCUT2D eigenvalue weighted by Gasteiger charge is 2.33. The van der Waals surface area contributed by atoms with Crippen molar-refractivity contribution in [2.24, 2.45) is 0 Å². The fourth-order valence-corrected chi connectivity index (χ4v) is 5.73. The summed E-state index contributed by atoms with van der Waals surface area (Å²) >= 11 is 0. The molecular formula is C25H29NO5. The first-order valence-electron chi connectivity index (χ1n) is 10.9. The molecule has 164 valence electrons. The maximum Gasteiger partial charge on any atom is 0.125 e. The van der Waals surface area contributed by atoms with Crippen molar-refractivity contribution >= 4 is 21.5 Å². The molecule has 0 bridgehead atoms. The zero-order valence-corrected chi connectivity index (χ0v) is 18.1. The molecule has 1 fully saturated rings. The first-order chi connectivity index (χ1) is 15.1. The molecule has 6 nitrogen and oxygen atoms in total. The van der Waals surface area contributed by atoms with E-state index in [-0.39, 0.29) is 19.8 Å². The monoisotopic (exact) mass is 423 g/mol. The normalized spacial score (nSPS) is 18.4. The highest BCUT2D eigenvalue weighted by molar-refractivity contribution is 6.14. The van der Waals surface area contributed by atoms with Crippen molar-refractivity contribution in [2.75, 3.05) is 20.8 Å². The van der Waals surface area contributed by atoms with E-state index < -0.39 is 0 Å². The Morgan fingerprint density at radius 2 is 1.61 bits per heavy atom. The van der Waals surface area contributed by atoms with Crippen LogP contribution in [0.1, 0.15) is 40.7 Å². The SMILES string of the molecule is COc1cc2c3c(c4cc(OC)c(CO)c(CO)c4c2cc1CO)CN1CCCC1C3. The minimum Gasteiger partial charge on any atom is -0.496 e. The third-order valence-electron chi connectivity index (χ3n) is 7.22. The summed E-state index contributed by atoms with van der Waals surface area (Å²) in [6, 6.07) is 6.57. The van der Waals surface area contributed by atoms with E-state index in [2.05, 4.69) is 4.90 Å². The van der Waals surface area contributed by atoms with Crippen LogP contribution in [-0.2, 0) is 32.8 Å². The molecule has 1 saturated heterocycles. The largest absolute Gasteiger partial charge is 0.496 e. The van der Waals surface area contributed by atoms with Gasteiger partial charge in [0.1, 0.15) is 11.5 Å². The van der Waals surface area contributed by atoms with Crippen LogP contribution < -0.4 is 9.47 Å². The zero-order valence-electron chi connectivity index (χ0n) is 18.1. The number of hydrogen-bond donors (Lipinski definition) is 3. The quantitative estimate of drug-likeness (QED) is 0.548. The van der Waals surface area contributed by atoms with Crippen molar-refractivity contribution in [2.45, 2.75) is 51.7 Å². The number of benzene rings is 3. The van der Waals surface area contributed by atoms with Crippen LogP contribution in [-0.4, -0.2) is 47.0 Å². The number of methoxy groups -OCH3 is 2. The van der Waals surface area contributed by atoms with Crippen molar-refractivity contribution in [3.8, 4) is 11.5 Å². The Morgan fingerprint density at radius 1 is 0.871 bits per heavy atom. The second-order valence-corrected chi connectivity index (χ2v) is 8.57. The van der Waals surface area contributed by atoms with Gasteiger partial charge in [0.15, 0.2) is 0 Å². The maximum absolute atomic E-state index is 10.4. The highest BCUT2D eigenvalue weighted by Crippen LogP contribution is 2.45. The fourth-order valence-electron chi connectivity index (χ4n) is 5.73. The Balaban J connectivity index is 1.96. The van der Waals surface area contributed by atoms with Crippen molar-refractivity contribution in [1.29, 1.82) is 0 Å². The molecule has 1 atom stereocenters. The van der Waals surface area contributed by atoms with Gasteiger partial charge in [-0.2, -0.15) is 0 Å². The lowest BCUT2D eigenvalue weighted by atomic mass is 9.82. The lowest BCUT2D eigenvalue weighted by Gasteiger charge is -2.34. The molecule has 1 unspecified atom stereocenters. The van der Waals surface area contributed by atoms with Gasteiger partial charge in [-0.25, -0.2) is 0 Å². The second kappa shape index (κ2) is 7.95. The number of aliphatic hydroxyl groups is 3. The molecule has 0 amide bonds. The zero-order chi connectivity index (χ0) is 21.7. The molecule has 0 saturated carbocycles. The third-order valence-corrected chi connectivity index (χ3v) is 7.22. The fraction of sp³-hybridized carbons (Fsp3) is 0.440. The highest BCUT2D eigenvalue weighted by atomic mass is 16.5. The van der Waals surface area contributed by atoms with Gasteiger partial charge in [-0.1, -0.05) is 0 Å². The average molecular weight is 424 g/mol. The second-order valence-electron chi connectivity index (χ2n) is 8.57. The van der Waals surface area contributed by atoms with Crippen molar-refractivity contribution in [1.82, 2.24) is 4.90 Å². The van der Waals surface area contributed by atoms with E-state index in [1.54, 1.807) is 14.2 Å². The summed E-state index contributed by atoms with van der Waals surface area (Å²) in [5, 5.41) is 34.5. The lowest BCUT2D eigenvalue weighted by molar-refractivity contribution is 0.229. The summed E-state index contributed by atoms with van der Waals surface area (Å²) in [7, 11) is 3.22. The van der Waals surface area contributed by atoms with Gasteiger partial charge in [-0.15, -0.1) is 0 Å². The van der Waals surface area contributed by atoms with E-state index in [1.165, 1.54) is 24.0 Å². The molecule has 3 N–H and O–H groups in total. The Morgan fingerprint density at radius 3 is 2.29 bits per heavy atom. The van der Waals surface area contributed by atoms with Gasteiger partial charge < -0.3 is 24.8 Å². The van der Waals surface area contributed by atoms with Gasteiger partial charge in [0, 0.05) is 23.7 Å². The van der Waals surface area contributed by atoms with Gasteiger partial charge in [0.25, 0.3) is 0 Å². The molecule has 0 aliphatic carbocycles.